The van der Waals surface area contributed by atoms with E-state index in [4.69, 9.17) is 0 Å². The summed E-state index contributed by atoms with van der Waals surface area (Å²) < 4.78 is 65.7. The van der Waals surface area contributed by atoms with Crippen LogP contribution in [-0.4, -0.2) is 18.0 Å². The Morgan fingerprint density at radius 3 is 1.88 bits per heavy atom. The summed E-state index contributed by atoms with van der Waals surface area (Å²) in [5.41, 5.74) is 1.48. The van der Waals surface area contributed by atoms with Crippen LogP contribution in [0, 0.1) is 36.0 Å². The van der Waals surface area contributed by atoms with Gasteiger partial charge in [0.1, 0.15) is 0 Å². The second kappa shape index (κ2) is 7.72. The molecule has 0 spiro atoms. The zero-order valence-electron chi connectivity index (χ0n) is 13.0. The van der Waals surface area contributed by atoms with E-state index in [0.29, 0.717) is 5.69 Å². The second-order valence-corrected chi connectivity index (χ2v) is 5.00. The van der Waals surface area contributed by atoms with Crippen LogP contribution in [0.25, 0.3) is 0 Å². The quantitative estimate of drug-likeness (QED) is 0.218. The number of hydrogen-bond acceptors (Lipinski definition) is 3. The van der Waals surface area contributed by atoms with Crippen LogP contribution in [0.1, 0.15) is 11.1 Å². The molecule has 2 amide bonds. The van der Waals surface area contributed by atoms with Crippen molar-refractivity contribution in [1.82, 2.24) is 5.43 Å². The molecule has 2 aromatic rings. The van der Waals surface area contributed by atoms with Crippen molar-refractivity contribution < 1.29 is 31.5 Å². The van der Waals surface area contributed by atoms with Crippen molar-refractivity contribution in [2.75, 3.05) is 5.32 Å². The van der Waals surface area contributed by atoms with Gasteiger partial charge >= 0.3 is 11.8 Å². The van der Waals surface area contributed by atoms with Gasteiger partial charge in [-0.1, -0.05) is 17.7 Å². The van der Waals surface area contributed by atoms with E-state index < -0.39 is 46.5 Å². The molecule has 0 aliphatic heterocycles. The summed E-state index contributed by atoms with van der Waals surface area (Å²) in [6.45, 7) is 1.81. The van der Waals surface area contributed by atoms with Crippen molar-refractivity contribution in [2.24, 2.45) is 5.10 Å². The molecule has 0 unspecified atom stereocenters. The Hall–Kier alpha value is -3.30. The number of aryl methyl sites for hydroxylation is 1. The maximum atomic E-state index is 13.4. The van der Waals surface area contributed by atoms with Gasteiger partial charge in [-0.05, 0) is 19.1 Å². The van der Waals surface area contributed by atoms with E-state index in [2.05, 4.69) is 10.4 Å². The smallest absolute Gasteiger partial charge is 0.318 e. The van der Waals surface area contributed by atoms with Crippen LogP contribution < -0.4 is 10.7 Å². The lowest BCUT2D eigenvalue weighted by atomic mass is 10.2. The van der Waals surface area contributed by atoms with E-state index >= 15 is 0 Å². The number of carbonyl (C=O) groups excluding carboxylic acids is 2. The van der Waals surface area contributed by atoms with E-state index in [-0.39, 0.29) is 6.21 Å². The molecule has 0 aliphatic rings. The third-order valence-corrected chi connectivity index (χ3v) is 3.12. The van der Waals surface area contributed by atoms with E-state index in [9.17, 15) is 31.5 Å². The highest BCUT2D eigenvalue weighted by Gasteiger charge is 2.24. The zero-order valence-corrected chi connectivity index (χ0v) is 13.0. The molecule has 0 bridgehead atoms. The summed E-state index contributed by atoms with van der Waals surface area (Å²) in [7, 11) is 0. The molecular formula is C16H10F5N3O2. The molecule has 0 fully saturated rings. The number of nitrogens with zero attached hydrogens (tertiary/aromatic N) is 1. The van der Waals surface area contributed by atoms with Crippen LogP contribution in [0.3, 0.4) is 0 Å². The van der Waals surface area contributed by atoms with Crippen molar-refractivity contribution in [3.8, 4) is 0 Å². The average Bonchev–Trinajstić information content (AvgIpc) is 2.62. The highest BCUT2D eigenvalue weighted by molar-refractivity contribution is 6.39. The third-order valence-electron chi connectivity index (χ3n) is 3.12. The topological polar surface area (TPSA) is 70.6 Å². The first-order valence-corrected chi connectivity index (χ1v) is 6.95. The Morgan fingerprint density at radius 1 is 0.846 bits per heavy atom. The van der Waals surface area contributed by atoms with Crippen molar-refractivity contribution in [2.45, 2.75) is 6.92 Å². The molecule has 10 heteroatoms. The standard InChI is InChI=1S/C16H10F5N3O2/c1-7-2-4-8(5-3-7)23-15(25)16(26)24-22-6-9-10(17)12(19)14(21)13(20)11(9)18/h2-6H,1H3,(H,23,25)(H,24,26)/b22-6-. The van der Waals surface area contributed by atoms with Crippen molar-refractivity contribution in [1.29, 1.82) is 0 Å². The summed E-state index contributed by atoms with van der Waals surface area (Å²) >= 11 is 0. The molecule has 0 saturated heterocycles. The first-order valence-electron chi connectivity index (χ1n) is 6.95. The molecule has 0 aliphatic carbocycles. The number of anilines is 1. The zero-order chi connectivity index (χ0) is 19.4. The van der Waals surface area contributed by atoms with Crippen molar-refractivity contribution in [3.05, 3.63) is 64.5 Å². The van der Waals surface area contributed by atoms with Crippen molar-refractivity contribution in [3.63, 3.8) is 0 Å². The van der Waals surface area contributed by atoms with Gasteiger partial charge in [-0.15, -0.1) is 0 Å². The number of amides is 2. The Kier molecular flexibility index (Phi) is 5.65. The first kappa shape index (κ1) is 19.0. The number of nitrogens with one attached hydrogen (secondary N) is 2. The molecule has 0 saturated carbocycles. The van der Waals surface area contributed by atoms with Gasteiger partial charge in [0, 0.05) is 5.69 Å². The molecule has 136 valence electrons. The highest BCUT2D eigenvalue weighted by atomic mass is 19.2. The van der Waals surface area contributed by atoms with Gasteiger partial charge in [-0.25, -0.2) is 27.4 Å². The van der Waals surface area contributed by atoms with Gasteiger partial charge in [0.05, 0.1) is 11.8 Å². The molecule has 0 radical (unpaired) electrons. The number of rotatable bonds is 3. The second-order valence-electron chi connectivity index (χ2n) is 5.00. The van der Waals surface area contributed by atoms with Crippen molar-refractivity contribution >= 4 is 23.7 Å². The van der Waals surface area contributed by atoms with Gasteiger partial charge in [-0.2, -0.15) is 5.10 Å². The summed E-state index contributed by atoms with van der Waals surface area (Å²) in [6, 6.07) is 6.40. The lowest BCUT2D eigenvalue weighted by Crippen LogP contribution is -2.32. The molecule has 2 aromatic carbocycles. The molecule has 5 nitrogen and oxygen atoms in total. The van der Waals surface area contributed by atoms with E-state index in [1.54, 1.807) is 17.6 Å². The SMILES string of the molecule is Cc1ccc(NC(=O)C(=O)N/N=C\c2c(F)c(F)c(F)c(F)c2F)cc1. The molecule has 0 atom stereocenters. The highest BCUT2D eigenvalue weighted by Crippen LogP contribution is 2.21. The minimum atomic E-state index is -2.32. The Bertz CT molecular complexity index is 869. The fraction of sp³-hybridized carbons (Fsp3) is 0.0625. The number of carbonyl (C=O) groups is 2. The van der Waals surface area contributed by atoms with Gasteiger partial charge in [0.2, 0.25) is 5.82 Å². The summed E-state index contributed by atoms with van der Waals surface area (Å²) in [5, 5.41) is 5.25. The Balaban J connectivity index is 2.07. The largest absolute Gasteiger partial charge is 0.329 e. The van der Waals surface area contributed by atoms with E-state index in [0.717, 1.165) is 5.56 Å². The summed E-state index contributed by atoms with van der Waals surface area (Å²) in [4.78, 5) is 23.1. The van der Waals surface area contributed by atoms with E-state index in [1.807, 2.05) is 6.92 Å². The predicted molar refractivity (Wildman–Crippen MR) is 81.8 cm³/mol. The lowest BCUT2D eigenvalue weighted by Gasteiger charge is -2.05. The molecular weight excluding hydrogens is 361 g/mol. The molecule has 26 heavy (non-hydrogen) atoms. The molecule has 0 aromatic heterocycles. The minimum absolute atomic E-state index is 0.202. The van der Waals surface area contributed by atoms with Crippen LogP contribution in [0.2, 0.25) is 0 Å². The summed E-state index contributed by atoms with van der Waals surface area (Å²) in [5.74, 6) is -13.3. The van der Waals surface area contributed by atoms with Gasteiger partial charge < -0.3 is 5.32 Å². The van der Waals surface area contributed by atoms with Crippen LogP contribution in [0.4, 0.5) is 27.6 Å². The van der Waals surface area contributed by atoms with Gasteiger partial charge in [0.25, 0.3) is 0 Å². The minimum Gasteiger partial charge on any atom is -0.318 e. The van der Waals surface area contributed by atoms with Crippen LogP contribution in [-0.2, 0) is 9.59 Å². The van der Waals surface area contributed by atoms with Crippen LogP contribution >= 0.6 is 0 Å². The average molecular weight is 371 g/mol. The first-order chi connectivity index (χ1) is 12.2. The Morgan fingerprint density at radius 2 is 1.35 bits per heavy atom. The third kappa shape index (κ3) is 4.02. The number of hydrogen-bond donors (Lipinski definition) is 2. The fourth-order valence-electron chi connectivity index (χ4n) is 1.77. The fourth-order valence-corrected chi connectivity index (χ4v) is 1.77. The number of hydrazone groups is 1. The molecule has 2 rings (SSSR count). The Labute approximate surface area is 143 Å². The maximum absolute atomic E-state index is 13.4. The van der Waals surface area contributed by atoms with Gasteiger partial charge in [-0.3, -0.25) is 9.59 Å². The normalized spacial score (nSPS) is 10.8. The molecule has 0 heterocycles. The number of benzene rings is 2. The predicted octanol–water partition coefficient (Wildman–Crippen LogP) is 2.78. The van der Waals surface area contributed by atoms with Gasteiger partial charge in [0.15, 0.2) is 23.3 Å². The summed E-state index contributed by atoms with van der Waals surface area (Å²) in [6.07, 6.45) is 0.202. The van der Waals surface area contributed by atoms with Crippen LogP contribution in [0.5, 0.6) is 0 Å². The monoisotopic (exact) mass is 371 g/mol. The molecule has 2 N–H and O–H groups in total. The van der Waals surface area contributed by atoms with Crippen LogP contribution in [0.15, 0.2) is 29.4 Å². The lowest BCUT2D eigenvalue weighted by molar-refractivity contribution is -0.136. The number of halogens is 5. The van der Waals surface area contributed by atoms with E-state index in [1.165, 1.54) is 12.1 Å². The maximum Gasteiger partial charge on any atom is 0.329 e.